The van der Waals surface area contributed by atoms with Gasteiger partial charge in [0.25, 0.3) is 0 Å². The molecule has 0 fully saturated rings. The molecule has 1 aromatic heterocycles. The van der Waals surface area contributed by atoms with Crippen molar-refractivity contribution in [1.82, 2.24) is 9.55 Å². The second-order valence-electron chi connectivity index (χ2n) is 4.29. The Balaban J connectivity index is 2.40. The minimum absolute atomic E-state index is 1.06. The molecule has 0 N–H and O–H groups in total. The van der Waals surface area contributed by atoms with E-state index in [2.05, 4.69) is 60.9 Å². The maximum Gasteiger partial charge on any atom is 0.139 e. The fourth-order valence-electron chi connectivity index (χ4n) is 1.96. The van der Waals surface area contributed by atoms with E-state index in [0.717, 1.165) is 18.7 Å². The van der Waals surface area contributed by atoms with E-state index in [9.17, 15) is 0 Å². The van der Waals surface area contributed by atoms with Crippen molar-refractivity contribution in [3.8, 4) is 11.4 Å². The van der Waals surface area contributed by atoms with Crippen LogP contribution in [-0.2, 0) is 13.5 Å². The molecule has 2 nitrogen and oxygen atoms in total. The number of aryl methyl sites for hydroxylation is 3. The Bertz CT molecular complexity index is 483. The first-order valence-corrected chi connectivity index (χ1v) is 5.80. The zero-order valence-corrected chi connectivity index (χ0v) is 10.2. The first-order chi connectivity index (χ1) is 7.70. The summed E-state index contributed by atoms with van der Waals surface area (Å²) in [4.78, 5) is 4.67. The average Bonchev–Trinajstić information content (AvgIpc) is 2.60. The average molecular weight is 214 g/mol. The van der Waals surface area contributed by atoms with E-state index < -0.39 is 0 Å². The molecular formula is C14H18N2. The monoisotopic (exact) mass is 214 g/mol. The van der Waals surface area contributed by atoms with Crippen molar-refractivity contribution in [2.45, 2.75) is 26.7 Å². The third-order valence-corrected chi connectivity index (χ3v) is 2.71. The number of imidazole rings is 1. The van der Waals surface area contributed by atoms with Gasteiger partial charge in [-0.15, -0.1) is 0 Å². The lowest BCUT2D eigenvalue weighted by molar-refractivity contribution is 0.885. The Morgan fingerprint density at radius 2 is 2.12 bits per heavy atom. The molecule has 0 amide bonds. The van der Waals surface area contributed by atoms with Gasteiger partial charge >= 0.3 is 0 Å². The van der Waals surface area contributed by atoms with Crippen LogP contribution in [0.5, 0.6) is 0 Å². The van der Waals surface area contributed by atoms with E-state index in [1.807, 2.05) is 0 Å². The summed E-state index contributed by atoms with van der Waals surface area (Å²) in [5, 5.41) is 0. The second kappa shape index (κ2) is 4.52. The smallest absolute Gasteiger partial charge is 0.139 e. The molecule has 0 atom stereocenters. The minimum atomic E-state index is 1.06. The van der Waals surface area contributed by atoms with Gasteiger partial charge in [0, 0.05) is 18.8 Å². The van der Waals surface area contributed by atoms with Gasteiger partial charge in [-0.05, 0) is 19.4 Å². The van der Waals surface area contributed by atoms with Crippen LogP contribution in [0.1, 0.15) is 24.6 Å². The highest BCUT2D eigenvalue weighted by molar-refractivity contribution is 5.57. The van der Waals surface area contributed by atoms with Crippen molar-refractivity contribution in [1.29, 1.82) is 0 Å². The van der Waals surface area contributed by atoms with Crippen molar-refractivity contribution in [3.05, 3.63) is 41.7 Å². The van der Waals surface area contributed by atoms with Crippen molar-refractivity contribution in [2.75, 3.05) is 0 Å². The number of benzene rings is 1. The summed E-state index contributed by atoms with van der Waals surface area (Å²) in [6, 6.07) is 8.49. The van der Waals surface area contributed by atoms with E-state index in [4.69, 9.17) is 0 Å². The van der Waals surface area contributed by atoms with E-state index in [-0.39, 0.29) is 0 Å². The lowest BCUT2D eigenvalue weighted by atomic mass is 10.1. The molecule has 2 aromatic rings. The van der Waals surface area contributed by atoms with Gasteiger partial charge < -0.3 is 4.57 Å². The molecule has 1 heterocycles. The Hall–Kier alpha value is -1.57. The summed E-state index contributed by atoms with van der Waals surface area (Å²) in [5.41, 5.74) is 3.66. The van der Waals surface area contributed by atoms with Gasteiger partial charge in [0.1, 0.15) is 5.82 Å². The van der Waals surface area contributed by atoms with Gasteiger partial charge in [-0.1, -0.05) is 37.1 Å². The fourth-order valence-corrected chi connectivity index (χ4v) is 1.96. The SMILES string of the molecule is CCCc1cn(C)c(-c2cccc(C)c2)n1. The predicted molar refractivity (Wildman–Crippen MR) is 67.4 cm³/mol. The fraction of sp³-hybridized carbons (Fsp3) is 0.357. The van der Waals surface area contributed by atoms with Gasteiger partial charge in [0.05, 0.1) is 5.69 Å². The predicted octanol–water partition coefficient (Wildman–Crippen LogP) is 3.35. The summed E-state index contributed by atoms with van der Waals surface area (Å²) >= 11 is 0. The van der Waals surface area contributed by atoms with Crippen LogP contribution in [0.3, 0.4) is 0 Å². The molecule has 0 aliphatic heterocycles. The molecule has 0 aliphatic rings. The lowest BCUT2D eigenvalue weighted by Gasteiger charge is -2.02. The Labute approximate surface area is 97.0 Å². The molecule has 0 spiro atoms. The molecule has 0 aliphatic carbocycles. The van der Waals surface area contributed by atoms with E-state index >= 15 is 0 Å². The van der Waals surface area contributed by atoms with Crippen molar-refractivity contribution in [3.63, 3.8) is 0 Å². The van der Waals surface area contributed by atoms with Crippen LogP contribution in [0.25, 0.3) is 11.4 Å². The molecule has 0 saturated heterocycles. The molecule has 0 saturated carbocycles. The topological polar surface area (TPSA) is 17.8 Å². The van der Waals surface area contributed by atoms with Gasteiger partial charge in [-0.3, -0.25) is 0 Å². The maximum atomic E-state index is 4.67. The largest absolute Gasteiger partial charge is 0.334 e. The van der Waals surface area contributed by atoms with E-state index in [1.54, 1.807) is 0 Å². The Kier molecular flexibility index (Phi) is 3.09. The standard InChI is InChI=1S/C14H18N2/c1-4-6-13-10-16(3)14(15-13)12-8-5-7-11(2)9-12/h5,7-10H,4,6H2,1-3H3. The first kappa shape index (κ1) is 10.9. The van der Waals surface area contributed by atoms with Crippen LogP contribution >= 0.6 is 0 Å². The molecule has 0 bridgehead atoms. The van der Waals surface area contributed by atoms with Gasteiger partial charge in [0.15, 0.2) is 0 Å². The second-order valence-corrected chi connectivity index (χ2v) is 4.29. The molecule has 16 heavy (non-hydrogen) atoms. The first-order valence-electron chi connectivity index (χ1n) is 5.80. The third kappa shape index (κ3) is 2.16. The molecule has 84 valence electrons. The van der Waals surface area contributed by atoms with Crippen LogP contribution < -0.4 is 0 Å². The number of hydrogen-bond donors (Lipinski definition) is 0. The van der Waals surface area contributed by atoms with Crippen molar-refractivity contribution >= 4 is 0 Å². The summed E-state index contributed by atoms with van der Waals surface area (Å²) in [6.45, 7) is 4.29. The Morgan fingerprint density at radius 3 is 2.81 bits per heavy atom. The molecule has 2 rings (SSSR count). The number of rotatable bonds is 3. The zero-order valence-electron chi connectivity index (χ0n) is 10.2. The molecule has 1 aromatic carbocycles. The zero-order chi connectivity index (χ0) is 11.5. The summed E-state index contributed by atoms with van der Waals surface area (Å²) in [7, 11) is 2.06. The van der Waals surface area contributed by atoms with E-state index in [0.29, 0.717) is 0 Å². The normalized spacial score (nSPS) is 10.7. The quantitative estimate of drug-likeness (QED) is 0.766. The highest BCUT2D eigenvalue weighted by atomic mass is 15.0. The molecule has 2 heteroatoms. The highest BCUT2D eigenvalue weighted by Crippen LogP contribution is 2.19. The van der Waals surface area contributed by atoms with Crippen LogP contribution in [0, 0.1) is 6.92 Å². The molecule has 0 unspecified atom stereocenters. The van der Waals surface area contributed by atoms with Gasteiger partial charge in [-0.25, -0.2) is 4.98 Å². The summed E-state index contributed by atoms with van der Waals surface area (Å²) in [6.07, 6.45) is 4.32. The highest BCUT2D eigenvalue weighted by Gasteiger charge is 2.06. The summed E-state index contributed by atoms with van der Waals surface area (Å²) in [5.74, 6) is 1.06. The van der Waals surface area contributed by atoms with Crippen molar-refractivity contribution < 1.29 is 0 Å². The van der Waals surface area contributed by atoms with Crippen LogP contribution in [0.2, 0.25) is 0 Å². The third-order valence-electron chi connectivity index (χ3n) is 2.71. The van der Waals surface area contributed by atoms with Crippen LogP contribution in [0.4, 0.5) is 0 Å². The number of nitrogens with zero attached hydrogens (tertiary/aromatic N) is 2. The van der Waals surface area contributed by atoms with Crippen LogP contribution in [-0.4, -0.2) is 9.55 Å². The maximum absolute atomic E-state index is 4.67. The van der Waals surface area contributed by atoms with Crippen LogP contribution in [0.15, 0.2) is 30.5 Å². The lowest BCUT2D eigenvalue weighted by Crippen LogP contribution is -1.91. The summed E-state index contributed by atoms with van der Waals surface area (Å²) < 4.78 is 2.11. The molecule has 0 radical (unpaired) electrons. The van der Waals surface area contributed by atoms with Gasteiger partial charge in [-0.2, -0.15) is 0 Å². The van der Waals surface area contributed by atoms with Crippen molar-refractivity contribution in [2.24, 2.45) is 7.05 Å². The van der Waals surface area contributed by atoms with Gasteiger partial charge in [0.2, 0.25) is 0 Å². The molecular weight excluding hydrogens is 196 g/mol. The number of aromatic nitrogens is 2. The number of hydrogen-bond acceptors (Lipinski definition) is 1. The minimum Gasteiger partial charge on any atom is -0.334 e. The van der Waals surface area contributed by atoms with E-state index in [1.165, 1.54) is 16.8 Å². The Morgan fingerprint density at radius 1 is 1.31 bits per heavy atom.